The van der Waals surface area contributed by atoms with Crippen LogP contribution < -0.4 is 0 Å². The van der Waals surface area contributed by atoms with E-state index >= 15 is 0 Å². The normalized spacial score (nSPS) is 10.0. The van der Waals surface area contributed by atoms with E-state index in [1.54, 1.807) is 0 Å². The summed E-state index contributed by atoms with van der Waals surface area (Å²) in [6, 6.07) is 0. The van der Waals surface area contributed by atoms with Gasteiger partial charge in [-0.25, -0.2) is 0 Å². The van der Waals surface area contributed by atoms with Gasteiger partial charge in [0.25, 0.3) is 10.1 Å². The molecule has 0 aromatic heterocycles. The molecule has 0 aliphatic rings. The zero-order valence-corrected chi connectivity index (χ0v) is 4.20. The van der Waals surface area contributed by atoms with Crippen molar-refractivity contribution in [2.24, 2.45) is 0 Å². The fourth-order valence-corrected chi connectivity index (χ4v) is 0. The van der Waals surface area contributed by atoms with Crippen molar-refractivity contribution in [1.82, 2.24) is 0 Å². The summed E-state index contributed by atoms with van der Waals surface area (Å²) in [5, 5.41) is 0. The molecule has 40 valence electrons. The molecule has 0 aromatic rings. The SMILES string of the molecule is CCS(=O)(=O)O.[KH]. The molecule has 0 radical (unpaired) electrons. The van der Waals surface area contributed by atoms with Crippen molar-refractivity contribution in [2.75, 3.05) is 5.75 Å². The summed E-state index contributed by atoms with van der Waals surface area (Å²) in [5.41, 5.74) is 0. The molecular formula is C2H7KO3S. The van der Waals surface area contributed by atoms with Crippen LogP contribution in [0.25, 0.3) is 0 Å². The molecule has 0 unspecified atom stereocenters. The molecule has 0 rings (SSSR count). The van der Waals surface area contributed by atoms with Gasteiger partial charge in [-0.2, -0.15) is 8.42 Å². The first-order valence-corrected chi connectivity index (χ1v) is 3.12. The number of hydrogen-bond donors (Lipinski definition) is 1. The van der Waals surface area contributed by atoms with Crippen LogP contribution in [-0.4, -0.2) is 70.1 Å². The van der Waals surface area contributed by atoms with Gasteiger partial charge in [-0.3, -0.25) is 4.55 Å². The van der Waals surface area contributed by atoms with Gasteiger partial charge >= 0.3 is 51.4 Å². The first-order chi connectivity index (χ1) is 2.56. The summed E-state index contributed by atoms with van der Waals surface area (Å²) in [6.07, 6.45) is 0. The average molecular weight is 150 g/mol. The maximum atomic E-state index is 9.56. The number of rotatable bonds is 1. The van der Waals surface area contributed by atoms with Crippen molar-refractivity contribution in [3.63, 3.8) is 0 Å². The monoisotopic (exact) mass is 150 g/mol. The van der Waals surface area contributed by atoms with Crippen molar-refractivity contribution in [2.45, 2.75) is 6.92 Å². The first kappa shape index (κ1) is 11.4. The van der Waals surface area contributed by atoms with E-state index in [1.807, 2.05) is 0 Å². The van der Waals surface area contributed by atoms with E-state index in [4.69, 9.17) is 4.55 Å². The molecule has 0 aromatic carbocycles. The molecule has 0 saturated carbocycles. The van der Waals surface area contributed by atoms with Gasteiger partial charge in [0.05, 0.1) is 5.75 Å². The summed E-state index contributed by atoms with van der Waals surface area (Å²) in [5.74, 6) is -0.201. The average Bonchev–Trinajstić information content (AvgIpc) is 1.35. The van der Waals surface area contributed by atoms with Gasteiger partial charge in [-0.1, -0.05) is 0 Å². The second-order valence-electron chi connectivity index (χ2n) is 0.871. The van der Waals surface area contributed by atoms with Crippen LogP contribution in [0.3, 0.4) is 0 Å². The van der Waals surface area contributed by atoms with Crippen LogP contribution in [0.2, 0.25) is 0 Å². The van der Waals surface area contributed by atoms with Crippen LogP contribution in [0.15, 0.2) is 0 Å². The maximum absolute atomic E-state index is 9.56. The van der Waals surface area contributed by atoms with Gasteiger partial charge in [0.15, 0.2) is 0 Å². The predicted octanol–water partition coefficient (Wildman–Crippen LogP) is -0.754. The van der Waals surface area contributed by atoms with Crippen LogP contribution in [-0.2, 0) is 10.1 Å². The third-order valence-corrected chi connectivity index (χ3v) is 1.09. The summed E-state index contributed by atoms with van der Waals surface area (Å²) < 4.78 is 26.9. The van der Waals surface area contributed by atoms with E-state index < -0.39 is 10.1 Å². The molecule has 3 nitrogen and oxygen atoms in total. The Hall–Kier alpha value is 1.55. The molecule has 0 amide bonds. The van der Waals surface area contributed by atoms with E-state index in [0.717, 1.165) is 0 Å². The van der Waals surface area contributed by atoms with Crippen molar-refractivity contribution in [3.8, 4) is 0 Å². The summed E-state index contributed by atoms with van der Waals surface area (Å²) >= 11 is 0. The molecule has 1 N–H and O–H groups in total. The summed E-state index contributed by atoms with van der Waals surface area (Å²) in [7, 11) is -3.66. The van der Waals surface area contributed by atoms with Gasteiger partial charge in [0.2, 0.25) is 0 Å². The zero-order valence-electron chi connectivity index (χ0n) is 3.38. The molecule has 5 heteroatoms. The molecule has 7 heavy (non-hydrogen) atoms. The summed E-state index contributed by atoms with van der Waals surface area (Å²) in [4.78, 5) is 0. The minimum atomic E-state index is -3.66. The Balaban J connectivity index is 0. The van der Waals surface area contributed by atoms with Crippen LogP contribution in [0, 0.1) is 0 Å². The molecule has 0 fully saturated rings. The number of hydrogen-bond acceptors (Lipinski definition) is 2. The quantitative estimate of drug-likeness (QED) is 0.395. The second kappa shape index (κ2) is 4.43. The first-order valence-electron chi connectivity index (χ1n) is 1.51. The third-order valence-electron chi connectivity index (χ3n) is 0.365. The molecule has 0 atom stereocenters. The Morgan fingerprint density at radius 1 is 1.57 bits per heavy atom. The Labute approximate surface area is 85.7 Å². The van der Waals surface area contributed by atoms with E-state index in [2.05, 4.69) is 0 Å². The molecule has 0 heterocycles. The van der Waals surface area contributed by atoms with Gasteiger partial charge in [-0.15, -0.1) is 0 Å². The van der Waals surface area contributed by atoms with E-state index in [-0.39, 0.29) is 57.1 Å². The molecule has 0 bridgehead atoms. The fraction of sp³-hybridized carbons (Fsp3) is 1.00. The van der Waals surface area contributed by atoms with Crippen LogP contribution >= 0.6 is 0 Å². The molecule has 0 spiro atoms. The standard InChI is InChI=1S/C2H6O3S.K.H/c1-2-6(3,4)5;;/h2H2,1H3,(H,3,4,5);;. The topological polar surface area (TPSA) is 54.4 Å². The Morgan fingerprint density at radius 3 is 1.71 bits per heavy atom. The molecular weight excluding hydrogens is 143 g/mol. The Morgan fingerprint density at radius 2 is 1.71 bits per heavy atom. The molecule has 0 saturated heterocycles. The van der Waals surface area contributed by atoms with Crippen LogP contribution in [0.5, 0.6) is 0 Å². The van der Waals surface area contributed by atoms with Crippen molar-refractivity contribution >= 4 is 61.5 Å². The van der Waals surface area contributed by atoms with E-state index in [9.17, 15) is 8.42 Å². The van der Waals surface area contributed by atoms with E-state index in [0.29, 0.717) is 0 Å². The molecule has 0 aliphatic carbocycles. The Kier molecular flexibility index (Phi) is 7.18. The van der Waals surface area contributed by atoms with Crippen molar-refractivity contribution in [3.05, 3.63) is 0 Å². The minimum absolute atomic E-state index is 0. The van der Waals surface area contributed by atoms with Gasteiger partial charge in [-0.05, 0) is 6.92 Å². The second-order valence-corrected chi connectivity index (χ2v) is 2.61. The van der Waals surface area contributed by atoms with Crippen molar-refractivity contribution in [1.29, 1.82) is 0 Å². The Bertz CT molecular complexity index is 115. The summed E-state index contributed by atoms with van der Waals surface area (Å²) in [6.45, 7) is 1.37. The van der Waals surface area contributed by atoms with Crippen molar-refractivity contribution < 1.29 is 13.0 Å². The predicted molar refractivity (Wildman–Crippen MR) is 29.2 cm³/mol. The van der Waals surface area contributed by atoms with Crippen LogP contribution in [0.1, 0.15) is 6.92 Å². The van der Waals surface area contributed by atoms with E-state index in [1.165, 1.54) is 6.92 Å². The van der Waals surface area contributed by atoms with Gasteiger partial charge < -0.3 is 0 Å². The van der Waals surface area contributed by atoms with Gasteiger partial charge in [0.1, 0.15) is 0 Å². The zero-order chi connectivity index (χ0) is 5.21. The van der Waals surface area contributed by atoms with Gasteiger partial charge in [0, 0.05) is 0 Å². The fourth-order valence-electron chi connectivity index (χ4n) is 0. The van der Waals surface area contributed by atoms with Crippen LogP contribution in [0.4, 0.5) is 0 Å². The molecule has 0 aliphatic heterocycles. The third kappa shape index (κ3) is 11.2.